The van der Waals surface area contributed by atoms with Gasteiger partial charge in [-0.05, 0) is 44.4 Å². The molecule has 3 heteroatoms. The van der Waals surface area contributed by atoms with E-state index in [4.69, 9.17) is 4.74 Å². The third-order valence-corrected chi connectivity index (χ3v) is 4.71. The molecule has 0 saturated heterocycles. The first kappa shape index (κ1) is 13.9. The van der Waals surface area contributed by atoms with Crippen LogP contribution in [0.3, 0.4) is 0 Å². The lowest BCUT2D eigenvalue weighted by atomic mass is 9.63. The lowest BCUT2D eigenvalue weighted by Gasteiger charge is -2.51. The Hall–Kier alpha value is -0.570. The number of fused-ring (bicyclic) bond motifs is 2. The van der Waals surface area contributed by atoms with Gasteiger partial charge in [-0.2, -0.15) is 0 Å². The van der Waals surface area contributed by atoms with Crippen LogP contribution in [-0.4, -0.2) is 22.3 Å². The van der Waals surface area contributed by atoms with Crippen molar-refractivity contribution in [2.24, 2.45) is 11.8 Å². The molecular formula is C15H26O3. The number of ether oxygens (including phenoxy) is 1. The first-order valence-corrected chi connectivity index (χ1v) is 7.33. The molecule has 0 heterocycles. The predicted molar refractivity (Wildman–Crippen MR) is 70.1 cm³/mol. The summed E-state index contributed by atoms with van der Waals surface area (Å²) in [6.07, 6.45) is 5.98. The van der Waals surface area contributed by atoms with Crippen LogP contribution in [0.5, 0.6) is 0 Å². The molecule has 0 spiro atoms. The average molecular weight is 254 g/mol. The second-order valence-electron chi connectivity index (χ2n) is 6.68. The summed E-state index contributed by atoms with van der Waals surface area (Å²) >= 11 is 0. The van der Waals surface area contributed by atoms with Crippen LogP contribution in [0.4, 0.5) is 0 Å². The van der Waals surface area contributed by atoms with Crippen molar-refractivity contribution >= 4 is 5.97 Å². The summed E-state index contributed by atoms with van der Waals surface area (Å²) in [7, 11) is 0. The van der Waals surface area contributed by atoms with E-state index in [9.17, 15) is 9.90 Å². The standard InChI is InChI=1S/C15H26O3/c1-4-12(3)13(16)18-15-7-5-6-14(17,10-15)8-11(2)9-15/h11-12,17H,4-10H2,1-3H3. The fraction of sp³-hybridized carbons (Fsp3) is 0.933. The Kier molecular flexibility index (Phi) is 3.72. The smallest absolute Gasteiger partial charge is 0.309 e. The Morgan fingerprint density at radius 3 is 2.83 bits per heavy atom. The van der Waals surface area contributed by atoms with Gasteiger partial charge in [0.15, 0.2) is 0 Å². The first-order chi connectivity index (χ1) is 8.38. The molecule has 0 aromatic rings. The number of esters is 1. The molecule has 0 aliphatic heterocycles. The van der Waals surface area contributed by atoms with E-state index in [2.05, 4.69) is 6.92 Å². The van der Waals surface area contributed by atoms with Gasteiger partial charge in [-0.15, -0.1) is 0 Å². The van der Waals surface area contributed by atoms with E-state index in [1.165, 1.54) is 0 Å². The normalized spacial score (nSPS) is 41.2. The highest BCUT2D eigenvalue weighted by Crippen LogP contribution is 2.49. The molecule has 0 aromatic heterocycles. The minimum absolute atomic E-state index is 0.0355. The van der Waals surface area contributed by atoms with E-state index in [0.29, 0.717) is 12.3 Å². The van der Waals surface area contributed by atoms with Crippen LogP contribution in [0.2, 0.25) is 0 Å². The molecule has 2 aliphatic carbocycles. The van der Waals surface area contributed by atoms with E-state index in [0.717, 1.165) is 38.5 Å². The van der Waals surface area contributed by atoms with Gasteiger partial charge in [-0.25, -0.2) is 0 Å². The van der Waals surface area contributed by atoms with Crippen LogP contribution in [0.15, 0.2) is 0 Å². The van der Waals surface area contributed by atoms with Crippen LogP contribution >= 0.6 is 0 Å². The third-order valence-electron chi connectivity index (χ3n) is 4.71. The minimum Gasteiger partial charge on any atom is -0.459 e. The lowest BCUT2D eigenvalue weighted by Crippen LogP contribution is -2.54. The molecule has 18 heavy (non-hydrogen) atoms. The monoisotopic (exact) mass is 254 g/mol. The molecule has 4 unspecified atom stereocenters. The highest BCUT2D eigenvalue weighted by Gasteiger charge is 2.51. The van der Waals surface area contributed by atoms with Gasteiger partial charge in [0.2, 0.25) is 0 Å². The highest BCUT2D eigenvalue weighted by atomic mass is 16.6. The SMILES string of the molecule is CCC(C)C(=O)OC12CCCC(O)(CC(C)C1)C2. The van der Waals surface area contributed by atoms with Crippen molar-refractivity contribution in [1.29, 1.82) is 0 Å². The second-order valence-corrected chi connectivity index (χ2v) is 6.68. The lowest BCUT2D eigenvalue weighted by molar-refractivity contribution is -0.194. The Labute approximate surface area is 110 Å². The molecular weight excluding hydrogens is 228 g/mol. The van der Waals surface area contributed by atoms with Gasteiger partial charge in [0.05, 0.1) is 11.5 Å². The number of aliphatic hydroxyl groups is 1. The van der Waals surface area contributed by atoms with Crippen molar-refractivity contribution in [1.82, 2.24) is 0 Å². The molecule has 2 aliphatic rings. The molecule has 2 saturated carbocycles. The molecule has 0 aromatic carbocycles. The Morgan fingerprint density at radius 2 is 2.17 bits per heavy atom. The van der Waals surface area contributed by atoms with Gasteiger partial charge in [0.1, 0.15) is 5.60 Å². The van der Waals surface area contributed by atoms with Crippen molar-refractivity contribution < 1.29 is 14.6 Å². The fourth-order valence-electron chi connectivity index (χ4n) is 3.83. The molecule has 4 atom stereocenters. The molecule has 2 rings (SSSR count). The maximum Gasteiger partial charge on any atom is 0.309 e. The number of hydrogen-bond acceptors (Lipinski definition) is 3. The summed E-state index contributed by atoms with van der Waals surface area (Å²) in [6, 6.07) is 0. The topological polar surface area (TPSA) is 46.5 Å². The predicted octanol–water partition coefficient (Wildman–Crippen LogP) is 3.05. The fourth-order valence-corrected chi connectivity index (χ4v) is 3.83. The van der Waals surface area contributed by atoms with Gasteiger partial charge in [0, 0.05) is 6.42 Å². The maximum absolute atomic E-state index is 12.0. The molecule has 2 bridgehead atoms. The van der Waals surface area contributed by atoms with Crippen LogP contribution < -0.4 is 0 Å². The second kappa shape index (κ2) is 4.84. The molecule has 1 N–H and O–H groups in total. The number of hydrogen-bond donors (Lipinski definition) is 1. The van der Waals surface area contributed by atoms with Gasteiger partial charge in [0.25, 0.3) is 0 Å². The molecule has 0 amide bonds. The average Bonchev–Trinajstić information content (AvgIpc) is 2.25. The van der Waals surface area contributed by atoms with Crippen LogP contribution in [0, 0.1) is 11.8 Å². The van der Waals surface area contributed by atoms with Gasteiger partial charge in [-0.3, -0.25) is 4.79 Å². The van der Waals surface area contributed by atoms with E-state index in [1.807, 2.05) is 13.8 Å². The summed E-state index contributed by atoms with van der Waals surface area (Å²) in [6.45, 7) is 6.08. The number of carbonyl (C=O) groups is 1. The first-order valence-electron chi connectivity index (χ1n) is 7.33. The number of rotatable bonds is 3. The van der Waals surface area contributed by atoms with E-state index >= 15 is 0 Å². The van der Waals surface area contributed by atoms with Crippen molar-refractivity contribution in [3.05, 3.63) is 0 Å². The Morgan fingerprint density at radius 1 is 1.44 bits per heavy atom. The van der Waals surface area contributed by atoms with Crippen LogP contribution in [0.1, 0.15) is 65.7 Å². The summed E-state index contributed by atoms with van der Waals surface area (Å²) in [5, 5.41) is 10.6. The Balaban J connectivity index is 2.11. The van der Waals surface area contributed by atoms with Gasteiger partial charge < -0.3 is 9.84 Å². The molecule has 3 nitrogen and oxygen atoms in total. The Bertz CT molecular complexity index is 328. The van der Waals surface area contributed by atoms with Crippen molar-refractivity contribution in [2.45, 2.75) is 76.9 Å². The minimum atomic E-state index is -0.592. The molecule has 0 radical (unpaired) electrons. The zero-order valence-electron chi connectivity index (χ0n) is 11.9. The van der Waals surface area contributed by atoms with Crippen molar-refractivity contribution in [2.75, 3.05) is 0 Å². The van der Waals surface area contributed by atoms with Crippen molar-refractivity contribution in [3.63, 3.8) is 0 Å². The largest absolute Gasteiger partial charge is 0.459 e. The maximum atomic E-state index is 12.0. The summed E-state index contributed by atoms with van der Waals surface area (Å²) < 4.78 is 5.84. The van der Waals surface area contributed by atoms with E-state index in [1.54, 1.807) is 0 Å². The van der Waals surface area contributed by atoms with Crippen LogP contribution in [0.25, 0.3) is 0 Å². The summed E-state index contributed by atoms with van der Waals surface area (Å²) in [4.78, 5) is 12.0. The summed E-state index contributed by atoms with van der Waals surface area (Å²) in [5.41, 5.74) is -0.975. The van der Waals surface area contributed by atoms with Gasteiger partial charge >= 0.3 is 5.97 Å². The quantitative estimate of drug-likeness (QED) is 0.787. The van der Waals surface area contributed by atoms with E-state index in [-0.39, 0.29) is 17.5 Å². The number of carbonyl (C=O) groups excluding carboxylic acids is 1. The third kappa shape index (κ3) is 2.71. The molecule has 2 fully saturated rings. The zero-order chi connectivity index (χ0) is 13.4. The summed E-state index contributed by atoms with van der Waals surface area (Å²) in [5.74, 6) is 0.316. The molecule has 104 valence electrons. The van der Waals surface area contributed by atoms with E-state index < -0.39 is 5.60 Å². The highest BCUT2D eigenvalue weighted by molar-refractivity contribution is 5.72. The van der Waals surface area contributed by atoms with Crippen molar-refractivity contribution in [3.8, 4) is 0 Å². The zero-order valence-corrected chi connectivity index (χ0v) is 11.9. The van der Waals surface area contributed by atoms with Crippen LogP contribution in [-0.2, 0) is 9.53 Å². The van der Waals surface area contributed by atoms with Gasteiger partial charge in [-0.1, -0.05) is 20.8 Å².